The van der Waals surface area contributed by atoms with Crippen LogP contribution in [-0.4, -0.2) is 47.8 Å². The van der Waals surface area contributed by atoms with E-state index in [1.807, 2.05) is 0 Å². The van der Waals surface area contributed by atoms with Gasteiger partial charge in [0.05, 0.1) is 23.2 Å². The fourth-order valence-corrected chi connectivity index (χ4v) is 3.37. The van der Waals surface area contributed by atoms with E-state index in [0.717, 1.165) is 19.0 Å². The maximum absolute atomic E-state index is 13.0. The topological polar surface area (TPSA) is 136 Å². The lowest BCUT2D eigenvalue weighted by molar-refractivity contribution is -0.115. The third-order valence-corrected chi connectivity index (χ3v) is 4.87. The molecule has 1 atom stereocenters. The minimum absolute atomic E-state index is 0.0839. The van der Waals surface area contributed by atoms with Crippen LogP contribution in [0, 0.1) is 0 Å². The molecule has 1 fully saturated rings. The number of pyridine rings is 1. The Labute approximate surface area is 178 Å². The summed E-state index contributed by atoms with van der Waals surface area (Å²) in [6.07, 6.45) is 4.45. The van der Waals surface area contributed by atoms with E-state index in [2.05, 4.69) is 25.9 Å². The Morgan fingerprint density at radius 3 is 2.73 bits per heavy atom. The van der Waals surface area contributed by atoms with Gasteiger partial charge in [0.15, 0.2) is 5.82 Å². The van der Waals surface area contributed by atoms with E-state index in [1.54, 1.807) is 23.9 Å². The predicted molar refractivity (Wildman–Crippen MR) is 116 cm³/mol. The minimum Gasteiger partial charge on any atom is -0.404 e. The number of carbonyl (C=O) groups is 1. The van der Waals surface area contributed by atoms with Crippen molar-refractivity contribution in [1.82, 2.24) is 19.9 Å². The van der Waals surface area contributed by atoms with Gasteiger partial charge in [-0.25, -0.2) is 9.97 Å². The van der Waals surface area contributed by atoms with Gasteiger partial charge < -0.3 is 31.0 Å². The molecule has 10 nitrogen and oxygen atoms in total. The summed E-state index contributed by atoms with van der Waals surface area (Å²) in [6.45, 7) is 1.15. The lowest BCUT2D eigenvalue weighted by atomic mass is 10.1. The highest BCUT2D eigenvalue weighted by Crippen LogP contribution is 2.23. The molecule has 0 spiro atoms. The van der Waals surface area contributed by atoms with Gasteiger partial charge in [0.25, 0.3) is 11.5 Å². The first-order chi connectivity index (χ1) is 14.5. The summed E-state index contributed by atoms with van der Waals surface area (Å²) in [6, 6.07) is 3.05. The number of nitrogens with zero attached hydrogens (tertiary/aromatic N) is 3. The number of ether oxygens (including phenoxy) is 1. The molecule has 3 heterocycles. The lowest BCUT2D eigenvalue weighted by Crippen LogP contribution is -2.31. The van der Waals surface area contributed by atoms with Gasteiger partial charge in [-0.3, -0.25) is 9.59 Å². The Balaban J connectivity index is 2.00. The van der Waals surface area contributed by atoms with Gasteiger partial charge in [0.2, 0.25) is 0 Å². The first-order valence-corrected chi connectivity index (χ1v) is 9.82. The summed E-state index contributed by atoms with van der Waals surface area (Å²) in [5.74, 6) is 0.417. The van der Waals surface area contributed by atoms with Crippen molar-refractivity contribution in [3.63, 3.8) is 0 Å². The molecule has 0 aromatic carbocycles. The van der Waals surface area contributed by atoms with Crippen LogP contribution in [0.5, 0.6) is 0 Å². The van der Waals surface area contributed by atoms with Crippen LogP contribution < -0.4 is 27.2 Å². The number of aromatic nitrogens is 3. The van der Waals surface area contributed by atoms with Gasteiger partial charge >= 0.3 is 0 Å². The van der Waals surface area contributed by atoms with Gasteiger partial charge in [-0.15, -0.1) is 0 Å². The van der Waals surface area contributed by atoms with Gasteiger partial charge in [0.1, 0.15) is 17.3 Å². The molecule has 1 amide bonds. The smallest absolute Gasteiger partial charge is 0.274 e. The number of likely N-dealkylation sites (N-methyl/N-ethyl adjacent to an activating group) is 1. The highest BCUT2D eigenvalue weighted by Gasteiger charge is 2.20. The number of halogens is 1. The van der Waals surface area contributed by atoms with Crippen LogP contribution in [0.4, 0.5) is 17.3 Å². The molecule has 5 N–H and O–H groups in total. The predicted octanol–water partition coefficient (Wildman–Crippen LogP) is 1.47. The zero-order valence-corrected chi connectivity index (χ0v) is 17.5. The Bertz CT molecular complexity index is 1020. The number of anilines is 3. The van der Waals surface area contributed by atoms with Crippen LogP contribution in [0.15, 0.2) is 29.3 Å². The molecule has 1 aliphatic rings. The molecule has 1 aliphatic heterocycles. The Kier molecular flexibility index (Phi) is 6.91. The Morgan fingerprint density at radius 2 is 2.10 bits per heavy atom. The third-order valence-electron chi connectivity index (χ3n) is 4.66. The summed E-state index contributed by atoms with van der Waals surface area (Å²) < 4.78 is 7.08. The fraction of sp³-hybridized carbons (Fsp3) is 0.368. The maximum Gasteiger partial charge on any atom is 0.274 e. The Hall–Kier alpha value is -3.11. The van der Waals surface area contributed by atoms with Crippen molar-refractivity contribution in [3.8, 4) is 0 Å². The van der Waals surface area contributed by atoms with Gasteiger partial charge in [-0.2, -0.15) is 0 Å². The van der Waals surface area contributed by atoms with Crippen LogP contribution in [0.1, 0.15) is 24.7 Å². The molecule has 0 bridgehead atoms. The summed E-state index contributed by atoms with van der Waals surface area (Å²) in [5, 5.41) is 8.79. The van der Waals surface area contributed by atoms with Crippen LogP contribution >= 0.6 is 11.6 Å². The minimum atomic E-state index is -0.431. The molecule has 11 heteroatoms. The van der Waals surface area contributed by atoms with Crippen LogP contribution in [0.25, 0.3) is 5.57 Å². The summed E-state index contributed by atoms with van der Waals surface area (Å²) >= 11 is 6.27. The number of nitrogens with two attached hydrogens (primary N) is 1. The second kappa shape index (κ2) is 9.59. The average Bonchev–Trinajstić information content (AvgIpc) is 2.76. The highest BCUT2D eigenvalue weighted by molar-refractivity contribution is 6.30. The molecule has 0 aliphatic carbocycles. The number of hydrogen-bond donors (Lipinski definition) is 4. The zero-order chi connectivity index (χ0) is 21.7. The van der Waals surface area contributed by atoms with E-state index < -0.39 is 5.91 Å². The van der Waals surface area contributed by atoms with Gasteiger partial charge in [0, 0.05) is 39.2 Å². The van der Waals surface area contributed by atoms with Crippen molar-refractivity contribution in [2.45, 2.75) is 18.9 Å². The largest absolute Gasteiger partial charge is 0.404 e. The van der Waals surface area contributed by atoms with Crippen LogP contribution in [-0.2, 0) is 9.53 Å². The molecule has 0 radical (unpaired) electrons. The molecule has 1 unspecified atom stereocenters. The lowest BCUT2D eigenvalue weighted by Gasteiger charge is -2.25. The number of hydrogen-bond acceptors (Lipinski definition) is 8. The van der Waals surface area contributed by atoms with E-state index in [9.17, 15) is 9.59 Å². The third kappa shape index (κ3) is 4.71. The van der Waals surface area contributed by atoms with Gasteiger partial charge in [-0.05, 0) is 18.9 Å². The van der Waals surface area contributed by atoms with Crippen molar-refractivity contribution in [2.24, 2.45) is 5.73 Å². The number of nitrogens with one attached hydrogen (secondary N) is 3. The SMILES string of the molecule is CNC(=O)C(=CN)c1nc(NC)cc(Nc2cc(Cl)cn(C3CCCOC3)c2=O)n1. The molecular weight excluding hydrogens is 410 g/mol. The normalized spacial score (nSPS) is 16.8. The molecule has 160 valence electrons. The van der Waals surface area contributed by atoms with Crippen molar-refractivity contribution in [1.29, 1.82) is 0 Å². The number of amides is 1. The molecule has 0 saturated carbocycles. The molecule has 30 heavy (non-hydrogen) atoms. The van der Waals surface area contributed by atoms with E-state index in [1.165, 1.54) is 13.1 Å². The maximum atomic E-state index is 13.0. The van der Waals surface area contributed by atoms with Crippen molar-refractivity contribution in [3.05, 3.63) is 45.7 Å². The van der Waals surface area contributed by atoms with Crippen molar-refractivity contribution < 1.29 is 9.53 Å². The van der Waals surface area contributed by atoms with Crippen molar-refractivity contribution >= 4 is 40.4 Å². The molecule has 1 saturated heterocycles. The second-order valence-corrected chi connectivity index (χ2v) is 7.09. The zero-order valence-electron chi connectivity index (χ0n) is 16.7. The standard InChI is InChI=1S/C19H24ClN7O3/c1-22-15-7-16(26-17(25-15)13(8-21)18(28)23-2)24-14-6-11(20)9-27(19(14)29)12-4-3-5-30-10-12/h6-9,12H,3-5,10,21H2,1-2H3,(H,23,28)(H2,22,24,25,26). The average molecular weight is 434 g/mol. The van der Waals surface area contributed by atoms with Crippen LogP contribution in [0.3, 0.4) is 0 Å². The van der Waals surface area contributed by atoms with Crippen LogP contribution in [0.2, 0.25) is 5.02 Å². The second-order valence-electron chi connectivity index (χ2n) is 6.65. The highest BCUT2D eigenvalue weighted by atomic mass is 35.5. The number of carbonyl (C=O) groups excluding carboxylic acids is 1. The first kappa shape index (κ1) is 21.6. The summed E-state index contributed by atoms with van der Waals surface area (Å²) in [7, 11) is 3.16. The fourth-order valence-electron chi connectivity index (χ4n) is 3.16. The van der Waals surface area contributed by atoms with E-state index in [0.29, 0.717) is 29.9 Å². The first-order valence-electron chi connectivity index (χ1n) is 9.44. The molecule has 3 rings (SSSR count). The monoisotopic (exact) mass is 433 g/mol. The molecule has 2 aromatic rings. The summed E-state index contributed by atoms with van der Waals surface area (Å²) in [4.78, 5) is 33.7. The van der Waals surface area contributed by atoms with Gasteiger partial charge in [-0.1, -0.05) is 11.6 Å². The van der Waals surface area contributed by atoms with Crippen molar-refractivity contribution in [2.75, 3.05) is 37.9 Å². The molecule has 2 aromatic heterocycles. The summed E-state index contributed by atoms with van der Waals surface area (Å²) in [5.41, 5.74) is 5.69. The van der Waals surface area contributed by atoms with E-state index in [4.69, 9.17) is 22.1 Å². The quantitative estimate of drug-likeness (QED) is 0.503. The number of rotatable bonds is 6. The van der Waals surface area contributed by atoms with E-state index >= 15 is 0 Å². The van der Waals surface area contributed by atoms with E-state index in [-0.39, 0.29) is 28.7 Å². The molecular formula is C19H24ClN7O3. The Morgan fingerprint density at radius 1 is 1.33 bits per heavy atom.